The van der Waals surface area contributed by atoms with Crippen LogP contribution in [0.5, 0.6) is 0 Å². The van der Waals surface area contributed by atoms with Gasteiger partial charge in [-0.05, 0) is 68.8 Å². The highest BCUT2D eigenvalue weighted by molar-refractivity contribution is 6.03. The van der Waals surface area contributed by atoms with Gasteiger partial charge in [-0.3, -0.25) is 24.6 Å². The van der Waals surface area contributed by atoms with Gasteiger partial charge in [0.1, 0.15) is 11.9 Å². The van der Waals surface area contributed by atoms with Crippen LogP contribution in [-0.2, 0) is 9.59 Å². The molecule has 0 aromatic heterocycles. The maximum Gasteiger partial charge on any atom is 0.252 e. The molecule has 33 heavy (non-hydrogen) atoms. The van der Waals surface area contributed by atoms with E-state index < -0.39 is 23.7 Å². The van der Waals surface area contributed by atoms with Crippen molar-refractivity contribution in [1.29, 1.82) is 0 Å². The SMILES string of the molecule is O=C1CCC(NC(=O)c2ccc(N3CCN(C4CC5(CCNCC5)C4)CC3)c(F)c2)C(=O)N1. The number of carbonyl (C=O) groups excluding carboxylic acids is 3. The van der Waals surface area contributed by atoms with E-state index in [1.165, 1.54) is 31.7 Å². The van der Waals surface area contributed by atoms with E-state index in [1.807, 2.05) is 4.90 Å². The van der Waals surface area contributed by atoms with Crippen LogP contribution in [0.15, 0.2) is 18.2 Å². The molecule has 9 heteroatoms. The lowest BCUT2D eigenvalue weighted by Crippen LogP contribution is -2.58. The quantitative estimate of drug-likeness (QED) is 0.585. The summed E-state index contributed by atoms with van der Waals surface area (Å²) in [5.41, 5.74) is 1.24. The minimum Gasteiger partial charge on any atom is -0.367 e. The summed E-state index contributed by atoms with van der Waals surface area (Å²) in [6.45, 7) is 5.67. The smallest absolute Gasteiger partial charge is 0.252 e. The molecule has 1 aromatic carbocycles. The van der Waals surface area contributed by atoms with Crippen LogP contribution in [-0.4, -0.2) is 74.0 Å². The number of anilines is 1. The zero-order valence-corrected chi connectivity index (χ0v) is 18.9. The van der Waals surface area contributed by atoms with Crippen LogP contribution in [0.3, 0.4) is 0 Å². The van der Waals surface area contributed by atoms with Crippen LogP contribution in [0, 0.1) is 11.2 Å². The number of benzene rings is 1. The third-order valence-electron chi connectivity index (χ3n) is 7.93. The van der Waals surface area contributed by atoms with E-state index in [1.54, 1.807) is 12.1 Å². The summed E-state index contributed by atoms with van der Waals surface area (Å²) >= 11 is 0. The highest BCUT2D eigenvalue weighted by Gasteiger charge is 2.46. The minimum atomic E-state index is -0.776. The number of hydrogen-bond donors (Lipinski definition) is 3. The molecule has 1 spiro atoms. The molecule has 0 radical (unpaired) electrons. The molecule has 4 aliphatic rings. The Kier molecular flexibility index (Phi) is 6.09. The van der Waals surface area contributed by atoms with E-state index in [9.17, 15) is 18.8 Å². The van der Waals surface area contributed by atoms with Gasteiger partial charge in [0.05, 0.1) is 5.69 Å². The lowest BCUT2D eigenvalue weighted by molar-refractivity contribution is -0.134. The lowest BCUT2D eigenvalue weighted by atomic mass is 9.60. The Morgan fingerprint density at radius 1 is 1.09 bits per heavy atom. The molecule has 5 rings (SSSR count). The molecule has 3 heterocycles. The summed E-state index contributed by atoms with van der Waals surface area (Å²) in [7, 11) is 0. The van der Waals surface area contributed by atoms with Gasteiger partial charge >= 0.3 is 0 Å². The number of nitrogens with one attached hydrogen (secondary N) is 3. The first-order valence-corrected chi connectivity index (χ1v) is 12.1. The molecule has 178 valence electrons. The second kappa shape index (κ2) is 9.02. The zero-order valence-electron chi connectivity index (χ0n) is 18.9. The molecule has 4 fully saturated rings. The topological polar surface area (TPSA) is 93.8 Å². The number of piperidine rings is 2. The van der Waals surface area contributed by atoms with E-state index >= 15 is 0 Å². The predicted octanol–water partition coefficient (Wildman–Crippen LogP) is 1.01. The molecular formula is C24H32FN5O3. The van der Waals surface area contributed by atoms with E-state index in [-0.39, 0.29) is 24.3 Å². The average Bonchev–Trinajstić information content (AvgIpc) is 2.80. The molecule has 1 aliphatic carbocycles. The second-order valence-corrected chi connectivity index (χ2v) is 9.98. The summed E-state index contributed by atoms with van der Waals surface area (Å²) < 4.78 is 14.9. The maximum absolute atomic E-state index is 14.9. The molecule has 3 aliphatic heterocycles. The highest BCUT2D eigenvalue weighted by atomic mass is 19.1. The number of rotatable bonds is 4. The van der Waals surface area contributed by atoms with Crippen molar-refractivity contribution in [3.63, 3.8) is 0 Å². The van der Waals surface area contributed by atoms with E-state index in [0.29, 0.717) is 17.1 Å². The van der Waals surface area contributed by atoms with Crippen LogP contribution in [0.25, 0.3) is 0 Å². The van der Waals surface area contributed by atoms with Crippen molar-refractivity contribution in [3.05, 3.63) is 29.6 Å². The molecular weight excluding hydrogens is 425 g/mol. The van der Waals surface area contributed by atoms with Crippen molar-refractivity contribution in [2.75, 3.05) is 44.2 Å². The second-order valence-electron chi connectivity index (χ2n) is 9.98. The van der Waals surface area contributed by atoms with E-state index in [2.05, 4.69) is 20.9 Å². The average molecular weight is 458 g/mol. The fraction of sp³-hybridized carbons (Fsp3) is 0.625. The fourth-order valence-electron chi connectivity index (χ4n) is 5.87. The Morgan fingerprint density at radius 3 is 2.48 bits per heavy atom. The third-order valence-corrected chi connectivity index (χ3v) is 7.93. The number of nitrogens with zero attached hydrogens (tertiary/aromatic N) is 2. The van der Waals surface area contributed by atoms with E-state index in [4.69, 9.17) is 0 Å². The number of carbonyl (C=O) groups is 3. The maximum atomic E-state index is 14.9. The number of piperazine rings is 1. The number of amides is 3. The number of imide groups is 1. The van der Waals surface area contributed by atoms with Gasteiger partial charge in [0, 0.05) is 44.2 Å². The molecule has 1 unspecified atom stereocenters. The molecule has 3 amide bonds. The first-order chi connectivity index (χ1) is 15.9. The van der Waals surface area contributed by atoms with Crippen LogP contribution >= 0.6 is 0 Å². The van der Waals surface area contributed by atoms with Crippen molar-refractivity contribution >= 4 is 23.4 Å². The third kappa shape index (κ3) is 4.61. The molecule has 3 N–H and O–H groups in total. The molecule has 1 atom stereocenters. The van der Waals surface area contributed by atoms with Crippen molar-refractivity contribution in [2.24, 2.45) is 5.41 Å². The molecule has 1 saturated carbocycles. The van der Waals surface area contributed by atoms with Crippen molar-refractivity contribution in [3.8, 4) is 0 Å². The van der Waals surface area contributed by atoms with Gasteiger partial charge in [0.25, 0.3) is 5.91 Å². The van der Waals surface area contributed by atoms with Crippen LogP contribution in [0.2, 0.25) is 0 Å². The molecule has 3 saturated heterocycles. The standard InChI is InChI=1S/C24H32FN5O3/c25-18-13-16(22(32)27-19-2-4-21(31)28-23(19)33)1-3-20(18)30-11-9-29(10-12-30)17-14-24(15-17)5-7-26-8-6-24/h1,3,13,17,19,26H,2,4-12,14-15H2,(H,27,32)(H,28,31,33). The predicted molar refractivity (Wildman–Crippen MR) is 121 cm³/mol. The Bertz CT molecular complexity index is 932. The van der Waals surface area contributed by atoms with Crippen molar-refractivity contribution in [1.82, 2.24) is 20.9 Å². The Morgan fingerprint density at radius 2 is 1.82 bits per heavy atom. The van der Waals surface area contributed by atoms with E-state index in [0.717, 1.165) is 39.3 Å². The summed E-state index contributed by atoms with van der Waals surface area (Å²) in [5, 5.41) is 8.26. The van der Waals surface area contributed by atoms with Gasteiger partial charge in [-0.1, -0.05) is 0 Å². The van der Waals surface area contributed by atoms with Gasteiger partial charge in [-0.15, -0.1) is 0 Å². The summed E-state index contributed by atoms with van der Waals surface area (Å²) in [4.78, 5) is 40.2. The van der Waals surface area contributed by atoms with Crippen LogP contribution in [0.1, 0.15) is 48.9 Å². The largest absolute Gasteiger partial charge is 0.367 e. The normalized spacial score (nSPS) is 26.1. The first kappa shape index (κ1) is 22.3. The fourth-order valence-corrected chi connectivity index (χ4v) is 5.87. The van der Waals surface area contributed by atoms with Crippen LogP contribution < -0.4 is 20.9 Å². The molecule has 0 bridgehead atoms. The Balaban J connectivity index is 1.14. The summed E-state index contributed by atoms with van der Waals surface area (Å²) in [6.07, 6.45) is 5.59. The first-order valence-electron chi connectivity index (χ1n) is 12.1. The van der Waals surface area contributed by atoms with Gasteiger partial charge < -0.3 is 15.5 Å². The number of hydrogen-bond acceptors (Lipinski definition) is 6. The summed E-state index contributed by atoms with van der Waals surface area (Å²) in [6, 6.07) is 4.36. The number of halogens is 1. The minimum absolute atomic E-state index is 0.168. The molecule has 8 nitrogen and oxygen atoms in total. The zero-order chi connectivity index (χ0) is 23.0. The Labute approximate surface area is 193 Å². The summed E-state index contributed by atoms with van der Waals surface area (Å²) in [5.74, 6) is -1.82. The Hall–Kier alpha value is -2.52. The van der Waals surface area contributed by atoms with Crippen molar-refractivity contribution < 1.29 is 18.8 Å². The van der Waals surface area contributed by atoms with Crippen molar-refractivity contribution in [2.45, 2.75) is 50.6 Å². The van der Waals surface area contributed by atoms with Crippen LogP contribution in [0.4, 0.5) is 10.1 Å². The van der Waals surface area contributed by atoms with Gasteiger partial charge in [-0.25, -0.2) is 4.39 Å². The monoisotopic (exact) mass is 457 g/mol. The molecule has 1 aromatic rings. The van der Waals surface area contributed by atoms with Gasteiger partial charge in [0.15, 0.2) is 0 Å². The lowest BCUT2D eigenvalue weighted by Gasteiger charge is -2.55. The highest BCUT2D eigenvalue weighted by Crippen LogP contribution is 2.50. The van der Waals surface area contributed by atoms with Gasteiger partial charge in [0.2, 0.25) is 11.8 Å². The van der Waals surface area contributed by atoms with Gasteiger partial charge in [-0.2, -0.15) is 0 Å².